The van der Waals surface area contributed by atoms with Crippen LogP contribution >= 0.6 is 11.3 Å². The molecule has 0 atom stereocenters. The van der Waals surface area contributed by atoms with Crippen molar-refractivity contribution in [3.05, 3.63) is 157 Å². The van der Waals surface area contributed by atoms with E-state index in [1.807, 2.05) is 35.6 Å². The molecule has 0 unspecified atom stereocenters. The first kappa shape index (κ1) is 28.6. The highest BCUT2D eigenvalue weighted by molar-refractivity contribution is 7.26. The van der Waals surface area contributed by atoms with E-state index in [2.05, 4.69) is 131 Å². The van der Waals surface area contributed by atoms with Crippen LogP contribution in [0.1, 0.15) is 11.4 Å². The van der Waals surface area contributed by atoms with Gasteiger partial charge in [0.2, 0.25) is 0 Å². The van der Waals surface area contributed by atoms with Gasteiger partial charge >= 0.3 is 0 Å². The van der Waals surface area contributed by atoms with Crippen molar-refractivity contribution in [2.24, 2.45) is 0 Å². The van der Waals surface area contributed by atoms with Crippen molar-refractivity contribution in [2.75, 3.05) is 0 Å². The third-order valence-corrected chi connectivity index (χ3v) is 10.3. The third-order valence-electron chi connectivity index (χ3n) is 9.25. The Labute approximate surface area is 286 Å². The summed E-state index contributed by atoms with van der Waals surface area (Å²) in [6.45, 7) is 0. The molecule has 9 rings (SSSR count). The van der Waals surface area contributed by atoms with E-state index in [4.69, 9.17) is 0 Å². The molecule has 0 aliphatic rings. The number of benzene rings is 6. The molecule has 0 bridgehead atoms. The summed E-state index contributed by atoms with van der Waals surface area (Å²) in [4.78, 5) is 8.32. The summed E-state index contributed by atoms with van der Waals surface area (Å²) in [5, 5.41) is 26.3. The van der Waals surface area contributed by atoms with E-state index in [1.54, 1.807) is 12.4 Å². The van der Waals surface area contributed by atoms with Crippen LogP contribution in [-0.2, 0) is 0 Å². The standard InChI is InChI=1S/C44H24N4S/c45-25-33-21-29(15-17-47-33)27-7-5-9-31(19-27)39-23-41-43(37-13-3-1-11-35(37)39)44-38-14-4-2-12-36(38)40(24-42(44)49-41)32-10-6-8-28(20-32)30-16-18-48-34(22-30)26-46/h1-24H. The fraction of sp³-hybridized carbons (Fsp3) is 0. The summed E-state index contributed by atoms with van der Waals surface area (Å²) in [6.07, 6.45) is 3.38. The van der Waals surface area contributed by atoms with E-state index in [9.17, 15) is 10.5 Å². The van der Waals surface area contributed by atoms with E-state index < -0.39 is 0 Å². The molecule has 0 amide bonds. The number of fused-ring (bicyclic) bond motifs is 7. The Morgan fingerprint density at radius 1 is 0.408 bits per heavy atom. The van der Waals surface area contributed by atoms with E-state index in [-0.39, 0.29) is 0 Å². The molecule has 0 spiro atoms. The lowest BCUT2D eigenvalue weighted by Gasteiger charge is -2.13. The minimum atomic E-state index is 0.406. The summed E-state index contributed by atoms with van der Waals surface area (Å²) in [6, 6.07) is 51.1. The van der Waals surface area contributed by atoms with Gasteiger partial charge in [0, 0.05) is 32.6 Å². The number of aromatic nitrogens is 2. The highest BCUT2D eigenvalue weighted by Gasteiger charge is 2.18. The molecule has 0 radical (unpaired) electrons. The van der Waals surface area contributed by atoms with Crippen LogP contribution in [0.4, 0.5) is 0 Å². The maximum atomic E-state index is 9.42. The number of pyridine rings is 2. The molecule has 0 aliphatic heterocycles. The van der Waals surface area contributed by atoms with Crippen LogP contribution < -0.4 is 0 Å². The Morgan fingerprint density at radius 2 is 0.816 bits per heavy atom. The predicted octanol–water partition coefficient (Wildman–Crippen LogP) is 11.6. The quantitative estimate of drug-likeness (QED) is 0.192. The molecule has 226 valence electrons. The number of thiophene rings is 1. The van der Waals surface area contributed by atoms with Gasteiger partial charge in [-0.15, -0.1) is 11.3 Å². The minimum Gasteiger partial charge on any atom is -0.246 e. The molecule has 0 N–H and O–H groups in total. The highest BCUT2D eigenvalue weighted by atomic mass is 32.1. The number of nitriles is 2. The van der Waals surface area contributed by atoms with Crippen LogP contribution in [-0.4, -0.2) is 9.97 Å². The molecule has 0 aliphatic carbocycles. The molecular formula is C44H24N4S. The lowest BCUT2D eigenvalue weighted by atomic mass is 9.90. The van der Waals surface area contributed by atoms with E-state index in [0.717, 1.165) is 33.4 Å². The number of hydrogen-bond donors (Lipinski definition) is 0. The van der Waals surface area contributed by atoms with Crippen LogP contribution in [0.15, 0.2) is 146 Å². The van der Waals surface area contributed by atoms with Crippen molar-refractivity contribution < 1.29 is 0 Å². The smallest absolute Gasteiger partial charge is 0.141 e. The topological polar surface area (TPSA) is 73.4 Å². The average molecular weight is 641 g/mol. The molecule has 0 saturated heterocycles. The van der Waals surface area contributed by atoms with Gasteiger partial charge in [-0.1, -0.05) is 84.9 Å². The summed E-state index contributed by atoms with van der Waals surface area (Å²) in [5.41, 5.74) is 9.46. The Balaban J connectivity index is 1.27. The molecule has 3 aromatic heterocycles. The van der Waals surface area contributed by atoms with Crippen LogP contribution in [0, 0.1) is 22.7 Å². The zero-order chi connectivity index (χ0) is 32.9. The Kier molecular flexibility index (Phi) is 6.73. The summed E-state index contributed by atoms with van der Waals surface area (Å²) < 4.78 is 2.48. The van der Waals surface area contributed by atoms with Crippen molar-refractivity contribution in [1.29, 1.82) is 10.5 Å². The van der Waals surface area contributed by atoms with Gasteiger partial charge in [0.1, 0.15) is 23.5 Å². The molecule has 9 aromatic rings. The summed E-state index contributed by atoms with van der Waals surface area (Å²) >= 11 is 1.83. The van der Waals surface area contributed by atoms with E-state index in [0.29, 0.717) is 11.4 Å². The first-order chi connectivity index (χ1) is 24.2. The van der Waals surface area contributed by atoms with Crippen molar-refractivity contribution in [1.82, 2.24) is 9.97 Å². The first-order valence-corrected chi connectivity index (χ1v) is 16.7. The maximum Gasteiger partial charge on any atom is 0.141 e. The molecule has 0 saturated carbocycles. The predicted molar refractivity (Wildman–Crippen MR) is 201 cm³/mol. The number of nitrogens with zero attached hydrogens (tertiary/aromatic N) is 4. The van der Waals surface area contributed by atoms with Gasteiger partial charge in [-0.05, 0) is 115 Å². The van der Waals surface area contributed by atoms with Crippen LogP contribution in [0.25, 0.3) is 86.2 Å². The fourth-order valence-electron chi connectivity index (χ4n) is 7.05. The SMILES string of the molecule is N#Cc1cc(-c2cccc(-c3cc4sc5cc(-c6cccc(-c7ccnc(C#N)c7)c6)c6ccccc6c5c4c4ccccc34)c2)ccn1. The molecule has 49 heavy (non-hydrogen) atoms. The van der Waals surface area contributed by atoms with E-state index >= 15 is 0 Å². The lowest BCUT2D eigenvalue weighted by Crippen LogP contribution is -1.87. The monoisotopic (exact) mass is 640 g/mol. The fourth-order valence-corrected chi connectivity index (χ4v) is 8.27. The minimum absolute atomic E-state index is 0.406. The number of rotatable bonds is 4. The van der Waals surface area contributed by atoms with Gasteiger partial charge in [0.25, 0.3) is 0 Å². The Hall–Kier alpha value is -6.66. The largest absolute Gasteiger partial charge is 0.246 e. The molecule has 6 aromatic carbocycles. The highest BCUT2D eigenvalue weighted by Crippen LogP contribution is 2.47. The van der Waals surface area contributed by atoms with E-state index in [1.165, 1.54) is 52.8 Å². The van der Waals surface area contributed by atoms with Gasteiger partial charge in [0.05, 0.1) is 0 Å². The van der Waals surface area contributed by atoms with Gasteiger partial charge in [-0.3, -0.25) is 0 Å². The van der Waals surface area contributed by atoms with Crippen molar-refractivity contribution >= 4 is 53.1 Å². The molecule has 4 nitrogen and oxygen atoms in total. The second-order valence-electron chi connectivity index (χ2n) is 12.0. The Morgan fingerprint density at radius 3 is 1.27 bits per heavy atom. The zero-order valence-electron chi connectivity index (χ0n) is 26.1. The Bertz CT molecular complexity index is 2680. The van der Waals surface area contributed by atoms with Gasteiger partial charge in [-0.2, -0.15) is 10.5 Å². The maximum absolute atomic E-state index is 9.42. The lowest BCUT2D eigenvalue weighted by molar-refractivity contribution is 1.26. The first-order valence-electron chi connectivity index (χ1n) is 15.9. The third kappa shape index (κ3) is 4.81. The molecular weight excluding hydrogens is 617 g/mol. The van der Waals surface area contributed by atoms with Gasteiger partial charge < -0.3 is 0 Å². The van der Waals surface area contributed by atoms with Gasteiger partial charge in [-0.25, -0.2) is 9.97 Å². The van der Waals surface area contributed by atoms with Crippen molar-refractivity contribution in [2.45, 2.75) is 0 Å². The second kappa shape index (κ2) is 11.5. The van der Waals surface area contributed by atoms with Crippen molar-refractivity contribution in [3.8, 4) is 56.6 Å². The zero-order valence-corrected chi connectivity index (χ0v) is 26.9. The molecule has 0 fully saturated rings. The summed E-state index contributed by atoms with van der Waals surface area (Å²) in [7, 11) is 0. The van der Waals surface area contributed by atoms with Crippen LogP contribution in [0.2, 0.25) is 0 Å². The average Bonchev–Trinajstić information content (AvgIpc) is 3.56. The van der Waals surface area contributed by atoms with Crippen LogP contribution in [0.3, 0.4) is 0 Å². The normalized spacial score (nSPS) is 11.2. The van der Waals surface area contributed by atoms with Crippen LogP contribution in [0.5, 0.6) is 0 Å². The van der Waals surface area contributed by atoms with Crippen molar-refractivity contribution in [3.63, 3.8) is 0 Å². The summed E-state index contributed by atoms with van der Waals surface area (Å²) in [5.74, 6) is 0. The number of hydrogen-bond acceptors (Lipinski definition) is 5. The molecule has 3 heterocycles. The second-order valence-corrected chi connectivity index (χ2v) is 13.1. The van der Waals surface area contributed by atoms with Gasteiger partial charge in [0.15, 0.2) is 0 Å². The molecule has 5 heteroatoms.